The Morgan fingerprint density at radius 1 is 0.762 bits per heavy atom. The molecule has 2 nitrogen and oxygen atoms in total. The Bertz CT molecular complexity index is 194. The van der Waals surface area contributed by atoms with Gasteiger partial charge in [0.2, 0.25) is 0 Å². The summed E-state index contributed by atoms with van der Waals surface area (Å²) in [5.41, 5.74) is 0. The van der Waals surface area contributed by atoms with E-state index < -0.39 is 0 Å². The Hall–Kier alpha value is -0.0800. The summed E-state index contributed by atoms with van der Waals surface area (Å²) in [4.78, 5) is 0. The number of unbranched alkanes of at least 4 members (excludes halogenated alkanes) is 9. The van der Waals surface area contributed by atoms with Gasteiger partial charge in [0.25, 0.3) is 0 Å². The summed E-state index contributed by atoms with van der Waals surface area (Å²) in [5.74, 6) is 0.652. The molecule has 0 aliphatic heterocycles. The Morgan fingerprint density at radius 2 is 1.29 bits per heavy atom. The first-order valence-electron chi connectivity index (χ1n) is 9.53. The highest BCUT2D eigenvalue weighted by atomic mass is 16.5. The third kappa shape index (κ3) is 14.6. The maximum Gasteiger partial charge on any atom is 0.0621 e. The van der Waals surface area contributed by atoms with Crippen LogP contribution in [0.3, 0.4) is 0 Å². The zero-order valence-electron chi connectivity index (χ0n) is 15.3. The van der Waals surface area contributed by atoms with E-state index in [0.717, 1.165) is 19.8 Å². The molecule has 0 saturated heterocycles. The molecule has 0 bridgehead atoms. The zero-order valence-corrected chi connectivity index (χ0v) is 15.3. The highest BCUT2D eigenvalue weighted by molar-refractivity contribution is 4.69. The van der Waals surface area contributed by atoms with Crippen molar-refractivity contribution >= 4 is 0 Å². The molecule has 21 heavy (non-hydrogen) atoms. The standard InChI is InChI=1S/C19H41NO/c1-5-7-8-9-10-11-12-13-14-15-16-20-19(18(3)4)17-21-6-2/h18-20H,5-17H2,1-4H3. The number of hydrogen-bond donors (Lipinski definition) is 1. The van der Waals surface area contributed by atoms with Crippen LogP contribution in [-0.2, 0) is 4.74 Å². The van der Waals surface area contributed by atoms with Crippen LogP contribution in [0, 0.1) is 5.92 Å². The summed E-state index contributed by atoms with van der Waals surface area (Å²) in [5, 5.41) is 3.65. The van der Waals surface area contributed by atoms with E-state index >= 15 is 0 Å². The van der Waals surface area contributed by atoms with Crippen LogP contribution in [0.4, 0.5) is 0 Å². The first-order chi connectivity index (χ1) is 10.2. The lowest BCUT2D eigenvalue weighted by Crippen LogP contribution is -2.38. The third-order valence-corrected chi connectivity index (χ3v) is 4.24. The van der Waals surface area contributed by atoms with E-state index in [1.807, 2.05) is 0 Å². The van der Waals surface area contributed by atoms with Gasteiger partial charge in [0.15, 0.2) is 0 Å². The van der Waals surface area contributed by atoms with Crippen molar-refractivity contribution in [2.75, 3.05) is 19.8 Å². The highest BCUT2D eigenvalue weighted by Gasteiger charge is 2.11. The van der Waals surface area contributed by atoms with Crippen molar-refractivity contribution in [3.05, 3.63) is 0 Å². The van der Waals surface area contributed by atoms with E-state index in [0.29, 0.717) is 12.0 Å². The smallest absolute Gasteiger partial charge is 0.0621 e. The van der Waals surface area contributed by atoms with E-state index in [1.165, 1.54) is 64.2 Å². The molecule has 0 aromatic carbocycles. The summed E-state index contributed by atoms with van der Waals surface area (Å²) in [6.45, 7) is 11.7. The van der Waals surface area contributed by atoms with Crippen LogP contribution in [0.5, 0.6) is 0 Å². The summed E-state index contributed by atoms with van der Waals surface area (Å²) in [7, 11) is 0. The van der Waals surface area contributed by atoms with Crippen LogP contribution in [0.25, 0.3) is 0 Å². The first kappa shape index (κ1) is 20.9. The van der Waals surface area contributed by atoms with Gasteiger partial charge in [-0.3, -0.25) is 0 Å². The van der Waals surface area contributed by atoms with Crippen LogP contribution in [-0.4, -0.2) is 25.8 Å². The predicted molar refractivity (Wildman–Crippen MR) is 95.0 cm³/mol. The third-order valence-electron chi connectivity index (χ3n) is 4.24. The molecule has 0 heterocycles. The van der Waals surface area contributed by atoms with E-state index in [4.69, 9.17) is 4.74 Å². The van der Waals surface area contributed by atoms with Gasteiger partial charge in [-0.2, -0.15) is 0 Å². The summed E-state index contributed by atoms with van der Waals surface area (Å²) >= 11 is 0. The van der Waals surface area contributed by atoms with E-state index in [9.17, 15) is 0 Å². The topological polar surface area (TPSA) is 21.3 Å². The van der Waals surface area contributed by atoms with E-state index in [2.05, 4.69) is 33.0 Å². The molecular formula is C19H41NO. The average Bonchev–Trinajstić information content (AvgIpc) is 2.47. The van der Waals surface area contributed by atoms with E-state index in [-0.39, 0.29) is 0 Å². The first-order valence-corrected chi connectivity index (χ1v) is 9.53. The minimum Gasteiger partial charge on any atom is -0.380 e. The molecule has 0 spiro atoms. The van der Waals surface area contributed by atoms with Crippen LogP contribution in [0.1, 0.15) is 91.9 Å². The fraction of sp³-hybridized carbons (Fsp3) is 1.00. The zero-order chi connectivity index (χ0) is 15.8. The van der Waals surface area contributed by atoms with Crippen LogP contribution >= 0.6 is 0 Å². The number of rotatable bonds is 16. The van der Waals surface area contributed by atoms with Gasteiger partial charge < -0.3 is 10.1 Å². The van der Waals surface area contributed by atoms with E-state index in [1.54, 1.807) is 0 Å². The van der Waals surface area contributed by atoms with Crippen molar-refractivity contribution in [2.24, 2.45) is 5.92 Å². The second-order valence-corrected chi connectivity index (χ2v) is 6.65. The second-order valence-electron chi connectivity index (χ2n) is 6.65. The van der Waals surface area contributed by atoms with Gasteiger partial charge in [-0.25, -0.2) is 0 Å². The molecule has 0 fully saturated rings. The lowest BCUT2D eigenvalue weighted by molar-refractivity contribution is 0.108. The van der Waals surface area contributed by atoms with Gasteiger partial charge in [0, 0.05) is 12.6 Å². The quantitative estimate of drug-likeness (QED) is 0.377. The molecule has 2 heteroatoms. The van der Waals surface area contributed by atoms with Crippen LogP contribution < -0.4 is 5.32 Å². The molecule has 0 amide bonds. The van der Waals surface area contributed by atoms with Crippen LogP contribution in [0.2, 0.25) is 0 Å². The van der Waals surface area contributed by atoms with Crippen LogP contribution in [0.15, 0.2) is 0 Å². The molecule has 0 aliphatic rings. The van der Waals surface area contributed by atoms with Gasteiger partial charge in [0.05, 0.1) is 6.61 Å². The monoisotopic (exact) mass is 299 g/mol. The van der Waals surface area contributed by atoms with Gasteiger partial charge >= 0.3 is 0 Å². The van der Waals surface area contributed by atoms with Gasteiger partial charge in [0.1, 0.15) is 0 Å². The molecule has 0 aromatic rings. The lowest BCUT2D eigenvalue weighted by atomic mass is 10.0. The van der Waals surface area contributed by atoms with Crippen molar-refractivity contribution in [2.45, 2.75) is 97.9 Å². The molecule has 0 radical (unpaired) electrons. The van der Waals surface area contributed by atoms with Crippen molar-refractivity contribution < 1.29 is 4.74 Å². The maximum absolute atomic E-state index is 5.54. The molecular weight excluding hydrogens is 258 g/mol. The van der Waals surface area contributed by atoms with Gasteiger partial charge in [-0.1, -0.05) is 78.6 Å². The summed E-state index contributed by atoms with van der Waals surface area (Å²) in [6.07, 6.45) is 14.1. The van der Waals surface area contributed by atoms with Crippen molar-refractivity contribution in [1.82, 2.24) is 5.32 Å². The van der Waals surface area contributed by atoms with Crippen molar-refractivity contribution in [3.8, 4) is 0 Å². The van der Waals surface area contributed by atoms with Crippen molar-refractivity contribution in [1.29, 1.82) is 0 Å². The molecule has 0 saturated carbocycles. The number of ether oxygens (including phenoxy) is 1. The summed E-state index contributed by atoms with van der Waals surface area (Å²) in [6, 6.07) is 0.517. The predicted octanol–water partition coefficient (Wildman–Crippen LogP) is 5.56. The number of nitrogens with one attached hydrogen (secondary N) is 1. The molecule has 128 valence electrons. The molecule has 1 unspecified atom stereocenters. The molecule has 0 aliphatic carbocycles. The lowest BCUT2D eigenvalue weighted by Gasteiger charge is -2.22. The second kappa shape index (κ2) is 16.3. The van der Waals surface area contributed by atoms with Gasteiger partial charge in [-0.15, -0.1) is 0 Å². The Morgan fingerprint density at radius 3 is 1.76 bits per heavy atom. The fourth-order valence-corrected chi connectivity index (χ4v) is 2.63. The molecule has 1 atom stereocenters. The highest BCUT2D eigenvalue weighted by Crippen LogP contribution is 2.10. The van der Waals surface area contributed by atoms with Gasteiger partial charge in [-0.05, 0) is 25.8 Å². The minimum atomic E-state index is 0.517. The minimum absolute atomic E-state index is 0.517. The maximum atomic E-state index is 5.54. The normalized spacial score (nSPS) is 13.0. The van der Waals surface area contributed by atoms with Crippen molar-refractivity contribution in [3.63, 3.8) is 0 Å². The molecule has 1 N–H and O–H groups in total. The average molecular weight is 300 g/mol. The molecule has 0 aromatic heterocycles. The Labute approximate surface area is 134 Å². The summed E-state index contributed by atoms with van der Waals surface area (Å²) < 4.78 is 5.54. The molecule has 0 rings (SSSR count). The Kier molecular flexibility index (Phi) is 16.2. The fourth-order valence-electron chi connectivity index (χ4n) is 2.63. The Balaban J connectivity index is 3.29. The largest absolute Gasteiger partial charge is 0.380 e. The SMILES string of the molecule is CCCCCCCCCCCCNC(COCC)C(C)C. The number of hydrogen-bond acceptors (Lipinski definition) is 2.